The number of para-hydroxylation sites is 1. The van der Waals surface area contributed by atoms with Gasteiger partial charge in [0.2, 0.25) is 0 Å². The van der Waals surface area contributed by atoms with Gasteiger partial charge in [0.25, 0.3) is 0 Å². The Bertz CT molecular complexity index is 1420. The maximum absolute atomic E-state index is 6.52. The predicted octanol–water partition coefficient (Wildman–Crippen LogP) is 6.71. The molecule has 0 atom stereocenters. The van der Waals surface area contributed by atoms with Gasteiger partial charge >= 0.3 is 0 Å². The highest BCUT2D eigenvalue weighted by molar-refractivity contribution is 7.19. The fourth-order valence-electron chi connectivity index (χ4n) is 3.93. The van der Waals surface area contributed by atoms with Crippen molar-refractivity contribution in [3.8, 4) is 11.3 Å². The molecule has 5 rings (SSSR count). The predicted molar refractivity (Wildman–Crippen MR) is 130 cm³/mol. The van der Waals surface area contributed by atoms with Crippen molar-refractivity contribution in [3.63, 3.8) is 0 Å². The molecule has 3 aromatic heterocycles. The molecular weight excluding hydrogens is 384 g/mol. The van der Waals surface area contributed by atoms with Crippen LogP contribution in [-0.4, -0.2) is 20.7 Å². The normalized spacial score (nSPS) is 12.9. The van der Waals surface area contributed by atoms with Crippen LogP contribution in [0, 0.1) is 12.3 Å². The number of furan rings is 1. The van der Waals surface area contributed by atoms with E-state index in [-0.39, 0.29) is 5.41 Å². The van der Waals surface area contributed by atoms with Crippen LogP contribution in [0.3, 0.4) is 0 Å². The van der Waals surface area contributed by atoms with Crippen LogP contribution >= 0.6 is 11.3 Å². The number of aryl methyl sites for hydroxylation is 1. The SMILES string of the molecule is [B]C([B])(c1ccnc(-c2cccc3c2oc2cc4sc(C)cc4cc23)c1)C(C)(C)C. The van der Waals surface area contributed by atoms with Crippen LogP contribution in [0.2, 0.25) is 0 Å². The maximum Gasteiger partial charge on any atom is 0.144 e. The van der Waals surface area contributed by atoms with Crippen LogP contribution in [0.25, 0.3) is 43.3 Å². The number of thiophene rings is 1. The molecule has 0 aliphatic rings. The molecule has 30 heavy (non-hydrogen) atoms. The lowest BCUT2D eigenvalue weighted by Gasteiger charge is -2.40. The molecule has 2 aromatic carbocycles. The molecule has 0 spiro atoms. The van der Waals surface area contributed by atoms with Gasteiger partial charge in [-0.05, 0) is 54.1 Å². The Balaban J connectivity index is 1.73. The van der Waals surface area contributed by atoms with Gasteiger partial charge in [-0.2, -0.15) is 0 Å². The molecule has 3 heterocycles. The highest BCUT2D eigenvalue weighted by atomic mass is 32.1. The summed E-state index contributed by atoms with van der Waals surface area (Å²) in [7, 11) is 13.0. The third kappa shape index (κ3) is 2.91. The molecule has 5 aromatic rings. The molecule has 2 nitrogen and oxygen atoms in total. The molecule has 4 radical (unpaired) electrons. The minimum Gasteiger partial charge on any atom is -0.455 e. The highest BCUT2D eigenvalue weighted by Crippen LogP contribution is 2.40. The topological polar surface area (TPSA) is 26.0 Å². The monoisotopic (exact) mass is 405 g/mol. The Kier molecular flexibility index (Phi) is 4.20. The van der Waals surface area contributed by atoms with Crippen LogP contribution in [0.5, 0.6) is 0 Å². The third-order valence-electron chi connectivity index (χ3n) is 6.01. The minimum atomic E-state index is -0.977. The number of aromatic nitrogens is 1. The van der Waals surface area contributed by atoms with E-state index >= 15 is 0 Å². The highest BCUT2D eigenvalue weighted by Gasteiger charge is 2.33. The Morgan fingerprint density at radius 1 is 0.967 bits per heavy atom. The quantitative estimate of drug-likeness (QED) is 0.305. The average Bonchev–Trinajstić information content (AvgIpc) is 3.23. The van der Waals surface area contributed by atoms with Gasteiger partial charge in [0.15, 0.2) is 0 Å². The first-order valence-corrected chi connectivity index (χ1v) is 10.9. The zero-order chi connectivity index (χ0) is 21.3. The second kappa shape index (κ2) is 6.49. The van der Waals surface area contributed by atoms with Gasteiger partial charge in [0.05, 0.1) is 21.4 Å². The molecule has 0 saturated carbocycles. The summed E-state index contributed by atoms with van der Waals surface area (Å²) in [5.74, 6) is 0. The largest absolute Gasteiger partial charge is 0.455 e. The summed E-state index contributed by atoms with van der Waals surface area (Å²) < 4.78 is 7.59. The number of benzene rings is 2. The van der Waals surface area contributed by atoms with E-state index in [9.17, 15) is 0 Å². The third-order valence-corrected chi connectivity index (χ3v) is 7.03. The number of pyridine rings is 1. The van der Waals surface area contributed by atoms with Gasteiger partial charge in [-0.3, -0.25) is 4.98 Å². The summed E-state index contributed by atoms with van der Waals surface area (Å²) in [6.07, 6.45) is 1.77. The van der Waals surface area contributed by atoms with Gasteiger partial charge in [0.1, 0.15) is 11.2 Å². The molecule has 0 unspecified atom stereocenters. The van der Waals surface area contributed by atoms with Crippen molar-refractivity contribution in [2.75, 3.05) is 0 Å². The summed E-state index contributed by atoms with van der Waals surface area (Å²) >= 11 is 1.78. The van der Waals surface area contributed by atoms with E-state index in [0.29, 0.717) is 0 Å². The summed E-state index contributed by atoms with van der Waals surface area (Å²) in [5.41, 5.74) is 4.02. The van der Waals surface area contributed by atoms with E-state index in [1.54, 1.807) is 17.5 Å². The standard InChI is InChI=1S/C25H21B2NOS/c1-14-10-15-11-19-17-6-5-7-18(23(17)29-21(19)13-22(15)30-14)20-12-16(8-9-28-20)25(26,27)24(2,3)4/h5-13H,1-4H3. The number of fused-ring (bicyclic) bond motifs is 4. The van der Waals surface area contributed by atoms with Crippen molar-refractivity contribution in [1.29, 1.82) is 0 Å². The van der Waals surface area contributed by atoms with E-state index in [2.05, 4.69) is 36.2 Å². The van der Waals surface area contributed by atoms with E-state index in [1.165, 1.54) is 15.0 Å². The molecule has 0 aliphatic heterocycles. The van der Waals surface area contributed by atoms with E-state index in [4.69, 9.17) is 20.1 Å². The van der Waals surface area contributed by atoms with Crippen LogP contribution in [0.1, 0.15) is 31.2 Å². The maximum atomic E-state index is 6.52. The molecule has 0 fully saturated rings. The lowest BCUT2D eigenvalue weighted by molar-refractivity contribution is 0.358. The van der Waals surface area contributed by atoms with Gasteiger partial charge in [-0.25, -0.2) is 0 Å². The number of nitrogens with zero attached hydrogens (tertiary/aromatic N) is 1. The second-order valence-corrected chi connectivity index (χ2v) is 10.4. The Morgan fingerprint density at radius 3 is 2.53 bits per heavy atom. The zero-order valence-electron chi connectivity index (χ0n) is 17.6. The summed E-state index contributed by atoms with van der Waals surface area (Å²) in [6, 6.07) is 16.6. The summed E-state index contributed by atoms with van der Waals surface area (Å²) in [4.78, 5) is 5.91. The average molecular weight is 405 g/mol. The fraction of sp³-hybridized carbons (Fsp3) is 0.240. The van der Waals surface area contributed by atoms with Gasteiger partial charge in [0, 0.05) is 32.1 Å². The molecule has 5 heteroatoms. The van der Waals surface area contributed by atoms with Gasteiger partial charge < -0.3 is 4.42 Å². The minimum absolute atomic E-state index is 0.305. The van der Waals surface area contributed by atoms with Crippen LogP contribution in [-0.2, 0) is 5.21 Å². The molecule has 0 N–H and O–H groups in total. The lowest BCUT2D eigenvalue weighted by Crippen LogP contribution is -2.41. The first-order chi connectivity index (χ1) is 14.1. The zero-order valence-corrected chi connectivity index (χ0v) is 18.4. The van der Waals surface area contributed by atoms with Crippen molar-refractivity contribution >= 4 is 59.1 Å². The Hall–Kier alpha value is -2.52. The van der Waals surface area contributed by atoms with Crippen molar-refractivity contribution in [3.05, 3.63) is 65.2 Å². The molecule has 144 valence electrons. The first kappa shape index (κ1) is 19.4. The Labute approximate surface area is 183 Å². The second-order valence-electron chi connectivity index (χ2n) is 9.08. The lowest BCUT2D eigenvalue weighted by atomic mass is 9.41. The molecule has 0 amide bonds. The van der Waals surface area contributed by atoms with Crippen molar-refractivity contribution in [2.24, 2.45) is 5.41 Å². The van der Waals surface area contributed by atoms with Crippen molar-refractivity contribution < 1.29 is 4.42 Å². The molecule has 0 saturated heterocycles. The van der Waals surface area contributed by atoms with Crippen LogP contribution in [0.15, 0.2) is 59.1 Å². The van der Waals surface area contributed by atoms with Crippen LogP contribution < -0.4 is 0 Å². The van der Waals surface area contributed by atoms with Crippen molar-refractivity contribution in [1.82, 2.24) is 4.98 Å². The van der Waals surface area contributed by atoms with E-state index < -0.39 is 5.21 Å². The van der Waals surface area contributed by atoms with Crippen molar-refractivity contribution in [2.45, 2.75) is 32.9 Å². The molecular formula is C25H21B2NOS. The van der Waals surface area contributed by atoms with Crippen LogP contribution in [0.4, 0.5) is 0 Å². The fourth-order valence-corrected chi connectivity index (χ4v) is 4.87. The number of hydrogen-bond donors (Lipinski definition) is 0. The van der Waals surface area contributed by atoms with E-state index in [1.807, 2.05) is 45.0 Å². The Morgan fingerprint density at radius 2 is 1.77 bits per heavy atom. The van der Waals surface area contributed by atoms with E-state index in [0.717, 1.165) is 38.8 Å². The first-order valence-electron chi connectivity index (χ1n) is 10.1. The number of rotatable bonds is 2. The van der Waals surface area contributed by atoms with Gasteiger partial charge in [-0.1, -0.05) is 43.7 Å². The summed E-state index contributed by atoms with van der Waals surface area (Å²) in [5, 5.41) is 2.48. The summed E-state index contributed by atoms with van der Waals surface area (Å²) in [6.45, 7) is 8.26. The number of hydrogen-bond acceptors (Lipinski definition) is 3. The smallest absolute Gasteiger partial charge is 0.144 e. The van der Waals surface area contributed by atoms with Gasteiger partial charge in [-0.15, -0.1) is 11.3 Å². The molecule has 0 bridgehead atoms. The molecule has 0 aliphatic carbocycles.